The fourth-order valence-electron chi connectivity index (χ4n) is 2.35. The predicted octanol–water partition coefficient (Wildman–Crippen LogP) is 2.35. The van der Waals surface area contributed by atoms with Gasteiger partial charge in [-0.25, -0.2) is 0 Å². The predicted molar refractivity (Wildman–Crippen MR) is 65.0 cm³/mol. The molecule has 0 fully saturated rings. The zero-order valence-electron chi connectivity index (χ0n) is 10.0. The van der Waals surface area contributed by atoms with E-state index in [9.17, 15) is 9.67 Å². The van der Waals surface area contributed by atoms with Crippen molar-refractivity contribution in [1.29, 1.82) is 0 Å². The number of aryl methyl sites for hydroxylation is 1. The zero-order chi connectivity index (χ0) is 12.5. The molecule has 1 aliphatic carbocycles. The summed E-state index contributed by atoms with van der Waals surface area (Å²) in [6.07, 6.45) is 1.38. The molecule has 5 heteroatoms. The summed E-state index contributed by atoms with van der Waals surface area (Å²) >= 11 is 0. The maximum Gasteiger partial charge on any atom is 0.361 e. The van der Waals surface area contributed by atoms with E-state index in [0.29, 0.717) is 19.3 Å². The van der Waals surface area contributed by atoms with E-state index in [0.717, 1.165) is 5.56 Å². The second-order valence-corrected chi connectivity index (χ2v) is 6.85. The Morgan fingerprint density at radius 1 is 1.24 bits per heavy atom. The van der Waals surface area contributed by atoms with Crippen LogP contribution in [0, 0.1) is 0 Å². The van der Waals surface area contributed by atoms with Crippen LogP contribution in [0.25, 0.3) is 0 Å². The first-order chi connectivity index (χ1) is 8.04. The van der Waals surface area contributed by atoms with Crippen molar-refractivity contribution in [1.82, 2.24) is 0 Å². The Kier molecular flexibility index (Phi) is 3.41. The summed E-state index contributed by atoms with van der Waals surface area (Å²) in [5, 5.41) is 9.11. The van der Waals surface area contributed by atoms with Crippen LogP contribution in [0.4, 0.5) is 0 Å². The van der Waals surface area contributed by atoms with Crippen LogP contribution >= 0.6 is 7.60 Å². The first kappa shape index (κ1) is 12.8. The molecule has 17 heavy (non-hydrogen) atoms. The van der Waals surface area contributed by atoms with E-state index in [1.807, 2.05) is 24.3 Å². The highest BCUT2D eigenvalue weighted by Crippen LogP contribution is 2.61. The lowest BCUT2D eigenvalue weighted by Gasteiger charge is -2.36. The highest BCUT2D eigenvalue weighted by molar-refractivity contribution is 7.55. The quantitative estimate of drug-likeness (QED) is 0.843. The number of aliphatic hydroxyl groups is 1. The minimum absolute atomic E-state index is 0.308. The van der Waals surface area contributed by atoms with Crippen molar-refractivity contribution in [3.8, 4) is 0 Å². The maximum absolute atomic E-state index is 12.3. The van der Waals surface area contributed by atoms with Gasteiger partial charge in [0.15, 0.2) is 5.34 Å². The Morgan fingerprint density at radius 2 is 1.82 bits per heavy atom. The van der Waals surface area contributed by atoms with Crippen LogP contribution in [0.15, 0.2) is 24.3 Å². The molecular weight excluding hydrogens is 239 g/mol. The lowest BCUT2D eigenvalue weighted by atomic mass is 9.89. The third-order valence-electron chi connectivity index (χ3n) is 3.38. The third kappa shape index (κ3) is 2.06. The average molecular weight is 256 g/mol. The van der Waals surface area contributed by atoms with Gasteiger partial charge in [0.25, 0.3) is 0 Å². The number of hydrogen-bond donors (Lipinski definition) is 1. The molecule has 94 valence electrons. The summed E-state index contributed by atoms with van der Waals surface area (Å²) in [6, 6.07) is 7.85. The first-order valence-electron chi connectivity index (χ1n) is 5.55. The molecule has 0 aliphatic heterocycles. The summed E-state index contributed by atoms with van der Waals surface area (Å²) in [5.41, 5.74) is 2.20. The SMILES string of the molecule is COP(=O)(OC)[C@@]1(O)CCc2ccccc2C1. The summed E-state index contributed by atoms with van der Waals surface area (Å²) in [6.45, 7) is 0. The number of fused-ring (bicyclic) bond motifs is 1. The van der Waals surface area contributed by atoms with Gasteiger partial charge in [-0.05, 0) is 24.0 Å². The fraction of sp³-hybridized carbons (Fsp3) is 0.500. The Morgan fingerprint density at radius 3 is 2.41 bits per heavy atom. The van der Waals surface area contributed by atoms with Gasteiger partial charge in [0, 0.05) is 20.6 Å². The van der Waals surface area contributed by atoms with Gasteiger partial charge in [-0.2, -0.15) is 0 Å². The van der Waals surface area contributed by atoms with Crippen LogP contribution in [0.5, 0.6) is 0 Å². The van der Waals surface area contributed by atoms with E-state index >= 15 is 0 Å². The van der Waals surface area contributed by atoms with E-state index < -0.39 is 12.9 Å². The van der Waals surface area contributed by atoms with Crippen LogP contribution in [0.3, 0.4) is 0 Å². The second kappa shape index (κ2) is 4.54. The number of benzene rings is 1. The lowest BCUT2D eigenvalue weighted by Crippen LogP contribution is -2.36. The minimum Gasteiger partial charge on any atom is -0.377 e. The molecule has 0 unspecified atom stereocenters. The molecule has 0 aromatic heterocycles. The molecule has 1 aromatic carbocycles. The molecule has 1 aromatic rings. The molecular formula is C12H17O4P. The van der Waals surface area contributed by atoms with Gasteiger partial charge in [0.05, 0.1) is 0 Å². The molecule has 0 radical (unpaired) electrons. The van der Waals surface area contributed by atoms with Crippen molar-refractivity contribution >= 4 is 7.60 Å². The summed E-state index contributed by atoms with van der Waals surface area (Å²) in [5.74, 6) is 0. The molecule has 0 saturated carbocycles. The molecule has 0 spiro atoms. The van der Waals surface area contributed by atoms with Gasteiger partial charge < -0.3 is 14.2 Å². The van der Waals surface area contributed by atoms with Crippen LogP contribution in [0.1, 0.15) is 17.5 Å². The van der Waals surface area contributed by atoms with Crippen molar-refractivity contribution < 1.29 is 18.7 Å². The van der Waals surface area contributed by atoms with E-state index in [1.54, 1.807) is 0 Å². The monoisotopic (exact) mass is 256 g/mol. The van der Waals surface area contributed by atoms with Crippen LogP contribution in [-0.4, -0.2) is 24.7 Å². The fourth-order valence-corrected chi connectivity index (χ4v) is 3.93. The average Bonchev–Trinajstić information content (AvgIpc) is 2.37. The van der Waals surface area contributed by atoms with E-state index in [-0.39, 0.29) is 0 Å². The van der Waals surface area contributed by atoms with Gasteiger partial charge in [-0.3, -0.25) is 4.57 Å². The van der Waals surface area contributed by atoms with Crippen molar-refractivity contribution in [3.05, 3.63) is 35.4 Å². The highest BCUT2D eigenvalue weighted by Gasteiger charge is 2.50. The summed E-state index contributed by atoms with van der Waals surface area (Å²) < 4.78 is 22.2. The van der Waals surface area contributed by atoms with Crippen LogP contribution in [-0.2, 0) is 26.5 Å². The second-order valence-electron chi connectivity index (χ2n) is 4.29. The maximum atomic E-state index is 12.3. The van der Waals surface area contributed by atoms with Crippen molar-refractivity contribution in [2.24, 2.45) is 0 Å². The third-order valence-corrected chi connectivity index (χ3v) is 5.74. The molecule has 1 aliphatic rings. The Balaban J connectivity index is 2.35. The van der Waals surface area contributed by atoms with Crippen molar-refractivity contribution in [2.45, 2.75) is 24.6 Å². The standard InChI is InChI=1S/C12H17O4P/c1-15-17(14,16-2)12(13)8-7-10-5-3-4-6-11(10)9-12/h3-6,13H,7-9H2,1-2H3/t12-/m0/s1. The smallest absolute Gasteiger partial charge is 0.361 e. The molecule has 1 atom stereocenters. The first-order valence-corrected chi connectivity index (χ1v) is 7.10. The Bertz CT molecular complexity index is 452. The number of hydrogen-bond acceptors (Lipinski definition) is 4. The topological polar surface area (TPSA) is 55.8 Å². The Hall–Kier alpha value is -0.670. The van der Waals surface area contributed by atoms with Gasteiger partial charge in [0.2, 0.25) is 0 Å². The molecule has 2 rings (SSSR count). The Labute approximate surface area is 101 Å². The van der Waals surface area contributed by atoms with E-state index in [2.05, 4.69) is 0 Å². The van der Waals surface area contributed by atoms with Crippen LogP contribution < -0.4 is 0 Å². The zero-order valence-corrected chi connectivity index (χ0v) is 10.9. The van der Waals surface area contributed by atoms with E-state index in [4.69, 9.17) is 9.05 Å². The minimum atomic E-state index is -3.47. The van der Waals surface area contributed by atoms with Gasteiger partial charge in [-0.15, -0.1) is 0 Å². The van der Waals surface area contributed by atoms with Crippen molar-refractivity contribution in [2.75, 3.05) is 14.2 Å². The number of rotatable bonds is 3. The molecule has 0 amide bonds. The summed E-state index contributed by atoms with van der Waals surface area (Å²) in [4.78, 5) is 0. The van der Waals surface area contributed by atoms with Gasteiger partial charge >= 0.3 is 7.60 Å². The van der Waals surface area contributed by atoms with E-state index in [1.165, 1.54) is 19.8 Å². The normalized spacial score (nSPS) is 24.4. The lowest BCUT2D eigenvalue weighted by molar-refractivity contribution is 0.0661. The molecule has 4 nitrogen and oxygen atoms in total. The molecule has 0 saturated heterocycles. The highest BCUT2D eigenvalue weighted by atomic mass is 31.2. The van der Waals surface area contributed by atoms with Gasteiger partial charge in [-0.1, -0.05) is 24.3 Å². The van der Waals surface area contributed by atoms with Crippen LogP contribution in [0.2, 0.25) is 0 Å². The molecule has 0 bridgehead atoms. The molecule has 1 N–H and O–H groups in total. The molecule has 0 heterocycles. The largest absolute Gasteiger partial charge is 0.377 e. The van der Waals surface area contributed by atoms with Gasteiger partial charge in [0.1, 0.15) is 0 Å². The summed E-state index contributed by atoms with van der Waals surface area (Å²) in [7, 11) is -0.852. The van der Waals surface area contributed by atoms with Crippen molar-refractivity contribution in [3.63, 3.8) is 0 Å².